The van der Waals surface area contributed by atoms with Crippen molar-refractivity contribution in [2.45, 2.75) is 38.6 Å². The highest BCUT2D eigenvalue weighted by Gasteiger charge is 2.36. The lowest BCUT2D eigenvalue weighted by molar-refractivity contribution is -0.144. The fourth-order valence-corrected chi connectivity index (χ4v) is 2.83. The first-order chi connectivity index (χ1) is 10.7. The molecule has 3 atom stereocenters. The number of carbonyl (C=O) groups is 1. The van der Waals surface area contributed by atoms with Crippen LogP contribution in [0, 0.1) is 5.92 Å². The normalized spacial score (nSPS) is 14.7. The summed E-state index contributed by atoms with van der Waals surface area (Å²) in [5, 5.41) is 9.99. The molecule has 126 valence electrons. The van der Waals surface area contributed by atoms with Gasteiger partial charge < -0.3 is 10.1 Å². The van der Waals surface area contributed by atoms with Crippen LogP contribution in [-0.2, 0) is 4.79 Å². The number of aromatic nitrogens is 2. The number of amides is 1. The van der Waals surface area contributed by atoms with Crippen molar-refractivity contribution in [3.63, 3.8) is 0 Å². The molecular formula is C15H20F2N3O2P. The quantitative estimate of drug-likeness (QED) is 0.793. The summed E-state index contributed by atoms with van der Waals surface area (Å²) in [6.07, 6.45) is 1.67. The van der Waals surface area contributed by atoms with E-state index in [2.05, 4.69) is 24.8 Å². The Morgan fingerprint density at radius 3 is 2.74 bits per heavy atom. The van der Waals surface area contributed by atoms with Gasteiger partial charge >= 0.3 is 5.92 Å². The van der Waals surface area contributed by atoms with Gasteiger partial charge in [0.25, 0.3) is 5.91 Å². The first-order valence-corrected chi connectivity index (χ1v) is 7.89. The number of nitrogens with zero attached hydrogens (tertiary/aromatic N) is 1. The van der Waals surface area contributed by atoms with Crippen LogP contribution in [0.15, 0.2) is 24.4 Å². The maximum absolute atomic E-state index is 13.1. The Hall–Kier alpha value is -1.75. The van der Waals surface area contributed by atoms with Crippen LogP contribution in [0.1, 0.15) is 20.8 Å². The summed E-state index contributed by atoms with van der Waals surface area (Å²) in [6, 6.07) is 4.80. The van der Waals surface area contributed by atoms with Crippen LogP contribution in [0.25, 0.3) is 10.9 Å². The standard InChI is InChI=1S/C15H20F2N3O2P/c1-8(2)12(19-14(21)15(3,16)17)13(23)22-10-4-5-11-9(6-10)7-18-20-11/h4-8,12-13H,23H2,1-3H3,(H,18,20)(H,19,21)/t12-,13+/m0/s1. The number of fused-ring (bicyclic) bond motifs is 1. The fraction of sp³-hybridized carbons (Fsp3) is 0.467. The third kappa shape index (κ3) is 4.38. The lowest BCUT2D eigenvalue weighted by atomic mass is 10.0. The Labute approximate surface area is 135 Å². The second-order valence-corrected chi connectivity index (χ2v) is 6.49. The van der Waals surface area contributed by atoms with E-state index < -0.39 is 23.7 Å². The summed E-state index contributed by atoms with van der Waals surface area (Å²) in [5.41, 5.74) is 0.872. The minimum atomic E-state index is -3.42. The van der Waals surface area contributed by atoms with E-state index in [1.807, 2.05) is 19.9 Å². The molecule has 0 saturated carbocycles. The number of aromatic amines is 1. The van der Waals surface area contributed by atoms with Gasteiger partial charge in [-0.25, -0.2) is 0 Å². The number of carbonyl (C=O) groups excluding carboxylic acids is 1. The molecule has 23 heavy (non-hydrogen) atoms. The average molecular weight is 343 g/mol. The molecule has 2 aromatic rings. The molecule has 8 heteroatoms. The highest BCUT2D eigenvalue weighted by atomic mass is 31.0. The van der Waals surface area contributed by atoms with Gasteiger partial charge in [-0.15, -0.1) is 0 Å². The molecule has 1 aromatic carbocycles. The number of hydrogen-bond acceptors (Lipinski definition) is 3. The van der Waals surface area contributed by atoms with Crippen molar-refractivity contribution in [3.05, 3.63) is 24.4 Å². The van der Waals surface area contributed by atoms with Crippen LogP contribution in [0.4, 0.5) is 8.78 Å². The smallest absolute Gasteiger partial charge is 0.321 e. The molecule has 1 amide bonds. The Bertz CT molecular complexity index is 685. The number of ether oxygens (including phenoxy) is 1. The van der Waals surface area contributed by atoms with Crippen molar-refractivity contribution >= 4 is 26.0 Å². The predicted molar refractivity (Wildman–Crippen MR) is 87.6 cm³/mol. The van der Waals surface area contributed by atoms with Crippen molar-refractivity contribution in [2.24, 2.45) is 5.92 Å². The molecule has 2 N–H and O–H groups in total. The summed E-state index contributed by atoms with van der Waals surface area (Å²) in [6.45, 7) is 4.24. The molecule has 1 unspecified atom stereocenters. The van der Waals surface area contributed by atoms with Gasteiger partial charge in [-0.05, 0) is 24.1 Å². The molecular weight excluding hydrogens is 323 g/mol. The first kappa shape index (κ1) is 17.6. The highest BCUT2D eigenvalue weighted by Crippen LogP contribution is 2.24. The molecule has 0 aliphatic carbocycles. The van der Waals surface area contributed by atoms with Crippen molar-refractivity contribution < 1.29 is 18.3 Å². The van der Waals surface area contributed by atoms with Crippen molar-refractivity contribution in [2.75, 3.05) is 0 Å². The minimum absolute atomic E-state index is 0.0820. The van der Waals surface area contributed by atoms with E-state index in [0.717, 1.165) is 10.9 Å². The number of benzene rings is 1. The van der Waals surface area contributed by atoms with Crippen LogP contribution >= 0.6 is 9.24 Å². The van der Waals surface area contributed by atoms with Gasteiger partial charge in [0.15, 0.2) is 0 Å². The third-order valence-electron chi connectivity index (χ3n) is 3.45. The number of rotatable bonds is 6. The number of alkyl halides is 2. The SMILES string of the molecule is CC(C)[C@H](NC(=O)C(C)(F)F)[C@@H](P)Oc1ccc2[nH]ncc2c1. The molecule has 1 heterocycles. The van der Waals surface area contributed by atoms with Gasteiger partial charge in [-0.2, -0.15) is 13.9 Å². The third-order valence-corrected chi connectivity index (χ3v) is 4.00. The van der Waals surface area contributed by atoms with Gasteiger partial charge in [0, 0.05) is 12.3 Å². The van der Waals surface area contributed by atoms with E-state index in [9.17, 15) is 13.6 Å². The van der Waals surface area contributed by atoms with E-state index >= 15 is 0 Å². The maximum atomic E-state index is 13.1. The second kappa shape index (κ2) is 6.79. The van der Waals surface area contributed by atoms with Gasteiger partial charge in [0.2, 0.25) is 0 Å². The largest absolute Gasteiger partial charge is 0.484 e. The Kier molecular flexibility index (Phi) is 5.19. The zero-order valence-electron chi connectivity index (χ0n) is 13.1. The summed E-state index contributed by atoms with van der Waals surface area (Å²) in [5.74, 6) is -4.79. The molecule has 0 aliphatic rings. The lowest BCUT2D eigenvalue weighted by Crippen LogP contribution is -2.51. The van der Waals surface area contributed by atoms with E-state index in [0.29, 0.717) is 12.7 Å². The number of nitrogens with one attached hydrogen (secondary N) is 2. The fourth-order valence-electron chi connectivity index (χ4n) is 2.13. The number of H-pyrrole nitrogens is 1. The molecule has 1 aromatic heterocycles. The van der Waals surface area contributed by atoms with Gasteiger partial charge in [-0.3, -0.25) is 9.89 Å². The summed E-state index contributed by atoms with van der Waals surface area (Å²) in [4.78, 5) is 11.5. The molecule has 0 fully saturated rings. The molecule has 0 bridgehead atoms. The topological polar surface area (TPSA) is 67.0 Å². The molecule has 5 nitrogen and oxygen atoms in total. The van der Waals surface area contributed by atoms with Crippen LogP contribution in [0.3, 0.4) is 0 Å². The second-order valence-electron chi connectivity index (χ2n) is 5.83. The maximum Gasteiger partial charge on any atom is 0.321 e. The zero-order chi connectivity index (χ0) is 17.2. The van der Waals surface area contributed by atoms with E-state index in [4.69, 9.17) is 4.74 Å². The molecule has 0 aliphatic heterocycles. The zero-order valence-corrected chi connectivity index (χ0v) is 14.3. The molecule has 0 spiro atoms. The van der Waals surface area contributed by atoms with Crippen LogP contribution in [0.2, 0.25) is 0 Å². The van der Waals surface area contributed by atoms with Crippen LogP contribution < -0.4 is 10.1 Å². The lowest BCUT2D eigenvalue weighted by Gasteiger charge is -2.29. The van der Waals surface area contributed by atoms with E-state index in [1.54, 1.807) is 18.3 Å². The summed E-state index contributed by atoms with van der Waals surface area (Å²) in [7, 11) is 2.45. The van der Waals surface area contributed by atoms with Gasteiger partial charge in [-0.1, -0.05) is 23.1 Å². The molecule has 0 saturated heterocycles. The Morgan fingerprint density at radius 1 is 1.43 bits per heavy atom. The summed E-state index contributed by atoms with van der Waals surface area (Å²) < 4.78 is 32.0. The van der Waals surface area contributed by atoms with Crippen LogP contribution in [-0.4, -0.2) is 33.9 Å². The minimum Gasteiger partial charge on any atom is -0.484 e. The van der Waals surface area contributed by atoms with Crippen LogP contribution in [0.5, 0.6) is 5.75 Å². The molecule has 2 rings (SSSR count). The van der Waals surface area contributed by atoms with Crippen molar-refractivity contribution in [1.29, 1.82) is 0 Å². The van der Waals surface area contributed by atoms with E-state index in [1.165, 1.54) is 0 Å². The van der Waals surface area contributed by atoms with Gasteiger partial charge in [0.05, 0.1) is 17.8 Å². The summed E-state index contributed by atoms with van der Waals surface area (Å²) >= 11 is 0. The predicted octanol–water partition coefficient (Wildman–Crippen LogP) is 2.94. The Morgan fingerprint density at radius 2 is 2.13 bits per heavy atom. The monoisotopic (exact) mass is 343 g/mol. The number of halogens is 2. The first-order valence-electron chi connectivity index (χ1n) is 7.22. The Balaban J connectivity index is 2.11. The van der Waals surface area contributed by atoms with E-state index in [-0.39, 0.29) is 5.92 Å². The number of hydrogen-bond donors (Lipinski definition) is 2. The van der Waals surface area contributed by atoms with Crippen molar-refractivity contribution in [1.82, 2.24) is 15.5 Å². The molecule has 0 radical (unpaired) electrons. The average Bonchev–Trinajstić information content (AvgIpc) is 2.90. The highest BCUT2D eigenvalue weighted by molar-refractivity contribution is 7.17. The van der Waals surface area contributed by atoms with Gasteiger partial charge in [0.1, 0.15) is 11.6 Å². The van der Waals surface area contributed by atoms with Crippen molar-refractivity contribution in [3.8, 4) is 5.75 Å².